The first-order chi connectivity index (χ1) is 18.8. The number of hydrogen-bond acceptors (Lipinski definition) is 10. The van der Waals surface area contributed by atoms with E-state index in [1.165, 1.54) is 36.4 Å². The summed E-state index contributed by atoms with van der Waals surface area (Å²) >= 11 is 0. The van der Waals surface area contributed by atoms with E-state index in [4.69, 9.17) is 0 Å². The van der Waals surface area contributed by atoms with Crippen LogP contribution in [-0.2, 0) is 0 Å². The zero-order valence-corrected chi connectivity index (χ0v) is 19.3. The number of nitrogens with one attached hydrogen (secondary N) is 2. The van der Waals surface area contributed by atoms with Gasteiger partial charge in [-0.15, -0.1) is 0 Å². The molecule has 188 valence electrons. The van der Waals surface area contributed by atoms with Crippen LogP contribution >= 0.6 is 0 Å². The second-order valence-corrected chi connectivity index (χ2v) is 8.61. The normalized spacial score (nSPS) is 11.7. The highest BCUT2D eigenvalue weighted by Gasteiger charge is 2.29. The number of nitrogens with zero attached hydrogens (tertiary/aromatic N) is 7. The fourth-order valence-corrected chi connectivity index (χ4v) is 4.92. The van der Waals surface area contributed by atoms with Crippen LogP contribution in [0.2, 0.25) is 0 Å². The van der Waals surface area contributed by atoms with Crippen molar-refractivity contribution in [1.82, 2.24) is 29.9 Å². The largest absolute Gasteiger partial charge is 0.324 e. The van der Waals surface area contributed by atoms with Gasteiger partial charge in [-0.05, 0) is 6.07 Å². The second-order valence-electron chi connectivity index (χ2n) is 8.61. The third kappa shape index (κ3) is 3.10. The van der Waals surface area contributed by atoms with Crippen LogP contribution in [0.25, 0.3) is 66.9 Å². The lowest BCUT2D eigenvalue weighted by molar-refractivity contribution is -0.384. The zero-order valence-electron chi connectivity index (χ0n) is 19.3. The number of non-ortho nitro benzene ring substituents is 2. The first-order valence-electron chi connectivity index (χ1n) is 11.3. The lowest BCUT2D eigenvalue weighted by Crippen LogP contribution is -1.93. The molecule has 0 amide bonds. The summed E-state index contributed by atoms with van der Waals surface area (Å²) in [5.41, 5.74) is 0.00282. The number of aromatic amines is 2. The average molecular weight is 521 g/mol. The SMILES string of the molecule is O=[N+]([O-])c1cccc2c1-c1nc-2nc2[nH]c(nc3[nH]c(n1)c1cccc([N+](=O)[O-])c31)c1cccc([N+](=O)[O-])c21. The second kappa shape index (κ2) is 7.69. The van der Waals surface area contributed by atoms with Crippen LogP contribution < -0.4 is 0 Å². The summed E-state index contributed by atoms with van der Waals surface area (Å²) in [6.07, 6.45) is 0. The van der Waals surface area contributed by atoms with Crippen molar-refractivity contribution in [2.24, 2.45) is 0 Å². The van der Waals surface area contributed by atoms with Gasteiger partial charge in [0.05, 0.1) is 14.8 Å². The molecule has 0 atom stereocenters. The number of hydrogen-bond donors (Lipinski definition) is 2. The molecule has 6 aromatic rings. The van der Waals surface area contributed by atoms with E-state index in [1.54, 1.807) is 18.2 Å². The van der Waals surface area contributed by atoms with Gasteiger partial charge in [-0.3, -0.25) is 30.3 Å². The smallest absolute Gasteiger partial charge is 0.281 e. The molecular formula is C24H11N9O6. The Morgan fingerprint density at radius 3 is 1.62 bits per heavy atom. The molecule has 15 heteroatoms. The van der Waals surface area contributed by atoms with Crippen LogP contribution in [0.4, 0.5) is 17.1 Å². The number of rotatable bonds is 3. The summed E-state index contributed by atoms with van der Waals surface area (Å²) in [6, 6.07) is 13.2. The Labute approximate surface area is 214 Å². The minimum absolute atomic E-state index is 0.0414. The van der Waals surface area contributed by atoms with E-state index in [0.717, 1.165) is 0 Å². The molecule has 39 heavy (non-hydrogen) atoms. The van der Waals surface area contributed by atoms with Gasteiger partial charge in [0.15, 0.2) is 11.6 Å². The molecular weight excluding hydrogens is 510 g/mol. The molecule has 0 aliphatic carbocycles. The molecule has 15 nitrogen and oxygen atoms in total. The molecule has 6 bridgehead atoms. The standard InChI is InChI=1S/C24H11N9O6/c34-31(35)13-7-1-4-10-16(13)22-25-19(10)28-23-17-11(5-2-8-14(17)32(36)37)21(26-23)30-24-18-12(20(27-24)29-22)6-3-9-15(18)33(38)39/h1-9H,(H2,25,26,27,28,29,30). The maximum atomic E-state index is 11.9. The number of aromatic nitrogens is 6. The summed E-state index contributed by atoms with van der Waals surface area (Å²) in [7, 11) is 0. The highest BCUT2D eigenvalue weighted by molar-refractivity contribution is 6.12. The Balaban J connectivity index is 1.79. The summed E-state index contributed by atoms with van der Waals surface area (Å²) in [4.78, 5) is 58.2. The summed E-state index contributed by atoms with van der Waals surface area (Å²) < 4.78 is 0. The molecule has 0 fully saturated rings. The molecule has 7 rings (SSSR count). The van der Waals surface area contributed by atoms with E-state index in [2.05, 4.69) is 29.9 Å². The van der Waals surface area contributed by atoms with Crippen LogP contribution in [0, 0.1) is 30.3 Å². The highest BCUT2D eigenvalue weighted by Crippen LogP contribution is 2.41. The van der Waals surface area contributed by atoms with Crippen molar-refractivity contribution < 1.29 is 14.8 Å². The molecule has 0 unspecified atom stereocenters. The van der Waals surface area contributed by atoms with Crippen molar-refractivity contribution in [2.45, 2.75) is 0 Å². The maximum absolute atomic E-state index is 11.9. The van der Waals surface area contributed by atoms with Crippen molar-refractivity contribution in [2.75, 3.05) is 0 Å². The van der Waals surface area contributed by atoms with Crippen LogP contribution in [0.3, 0.4) is 0 Å². The van der Waals surface area contributed by atoms with E-state index >= 15 is 0 Å². The molecule has 4 heterocycles. The Morgan fingerprint density at radius 1 is 0.538 bits per heavy atom. The molecule has 3 aromatic carbocycles. The van der Waals surface area contributed by atoms with E-state index < -0.39 is 14.8 Å². The van der Waals surface area contributed by atoms with Crippen LogP contribution in [0.15, 0.2) is 54.6 Å². The number of fused-ring (bicyclic) bond motifs is 15. The van der Waals surface area contributed by atoms with Crippen molar-refractivity contribution >= 4 is 61.2 Å². The Kier molecular flexibility index (Phi) is 4.36. The lowest BCUT2D eigenvalue weighted by Gasteiger charge is -1.99. The van der Waals surface area contributed by atoms with Gasteiger partial charge < -0.3 is 9.97 Å². The van der Waals surface area contributed by atoms with Crippen molar-refractivity contribution in [3.63, 3.8) is 0 Å². The van der Waals surface area contributed by atoms with Crippen LogP contribution in [0.5, 0.6) is 0 Å². The van der Waals surface area contributed by atoms with Crippen LogP contribution in [-0.4, -0.2) is 44.7 Å². The molecule has 1 aliphatic rings. The fraction of sp³-hybridized carbons (Fsp3) is 0. The van der Waals surface area contributed by atoms with E-state index in [-0.39, 0.29) is 67.6 Å². The van der Waals surface area contributed by atoms with Gasteiger partial charge in [0.25, 0.3) is 17.1 Å². The fourth-order valence-electron chi connectivity index (χ4n) is 4.92. The lowest BCUT2D eigenvalue weighted by atomic mass is 10.1. The number of benzene rings is 3. The number of nitro groups is 3. The van der Waals surface area contributed by atoms with Gasteiger partial charge in [0.1, 0.15) is 38.9 Å². The quantitative estimate of drug-likeness (QED) is 0.233. The molecule has 0 saturated heterocycles. The maximum Gasteiger partial charge on any atom is 0.281 e. The van der Waals surface area contributed by atoms with Crippen molar-refractivity contribution in [3.8, 4) is 22.8 Å². The number of nitro benzene ring substituents is 3. The Morgan fingerprint density at radius 2 is 1.03 bits per heavy atom. The monoisotopic (exact) mass is 521 g/mol. The third-order valence-electron chi connectivity index (χ3n) is 6.51. The zero-order chi connectivity index (χ0) is 27.0. The molecule has 3 aromatic heterocycles. The first kappa shape index (κ1) is 22.1. The van der Waals surface area contributed by atoms with E-state index in [1.807, 2.05) is 0 Å². The third-order valence-corrected chi connectivity index (χ3v) is 6.51. The molecule has 0 saturated carbocycles. The van der Waals surface area contributed by atoms with Gasteiger partial charge in [0, 0.05) is 34.5 Å². The summed E-state index contributed by atoms with van der Waals surface area (Å²) in [5, 5.41) is 36.7. The number of H-pyrrole nitrogens is 2. The Bertz CT molecular complexity index is 2180. The molecule has 0 radical (unpaired) electrons. The van der Waals surface area contributed by atoms with Crippen LogP contribution in [0.1, 0.15) is 0 Å². The van der Waals surface area contributed by atoms with Gasteiger partial charge in [0.2, 0.25) is 0 Å². The topological polar surface area (TPSA) is 213 Å². The van der Waals surface area contributed by atoms with Gasteiger partial charge >= 0.3 is 0 Å². The minimum Gasteiger partial charge on any atom is -0.324 e. The highest BCUT2D eigenvalue weighted by atomic mass is 16.6. The average Bonchev–Trinajstić information content (AvgIpc) is 3.56. The van der Waals surface area contributed by atoms with E-state index in [9.17, 15) is 30.3 Å². The summed E-state index contributed by atoms with van der Waals surface area (Å²) in [6.45, 7) is 0. The van der Waals surface area contributed by atoms with Gasteiger partial charge in [-0.25, -0.2) is 19.9 Å². The first-order valence-corrected chi connectivity index (χ1v) is 11.3. The van der Waals surface area contributed by atoms with Gasteiger partial charge in [-0.1, -0.05) is 30.3 Å². The predicted molar refractivity (Wildman–Crippen MR) is 138 cm³/mol. The molecule has 0 spiro atoms. The minimum atomic E-state index is -0.573. The summed E-state index contributed by atoms with van der Waals surface area (Å²) in [5.74, 6) is -0.00800. The van der Waals surface area contributed by atoms with Gasteiger partial charge in [-0.2, -0.15) is 0 Å². The van der Waals surface area contributed by atoms with Crippen molar-refractivity contribution in [3.05, 3.63) is 84.9 Å². The van der Waals surface area contributed by atoms with E-state index in [0.29, 0.717) is 16.3 Å². The van der Waals surface area contributed by atoms with Crippen molar-refractivity contribution in [1.29, 1.82) is 0 Å². The Hall–Kier alpha value is -6.12. The molecule has 1 aliphatic heterocycles. The molecule has 2 N–H and O–H groups in total. The predicted octanol–water partition coefficient (Wildman–Crippen LogP) is 5.03.